The van der Waals surface area contributed by atoms with Crippen molar-refractivity contribution in [3.8, 4) is 0 Å². The molecule has 0 unspecified atom stereocenters. The van der Waals surface area contributed by atoms with Gasteiger partial charge in [-0.25, -0.2) is 9.97 Å². The Morgan fingerprint density at radius 3 is 2.72 bits per heavy atom. The van der Waals surface area contributed by atoms with Crippen molar-refractivity contribution < 1.29 is 4.79 Å². The molecular weight excluding hydrogens is 312 g/mol. The average molecular weight is 330 g/mol. The number of nitrogens with zero attached hydrogens (tertiary/aromatic N) is 3. The molecule has 25 heavy (non-hydrogen) atoms. The van der Waals surface area contributed by atoms with Gasteiger partial charge in [0.25, 0.3) is 5.91 Å². The lowest BCUT2D eigenvalue weighted by molar-refractivity contribution is 0.0984. The van der Waals surface area contributed by atoms with Gasteiger partial charge in [-0.15, -0.1) is 0 Å². The van der Waals surface area contributed by atoms with Crippen LogP contribution >= 0.6 is 0 Å². The third-order valence-corrected chi connectivity index (χ3v) is 4.31. The second-order valence-electron chi connectivity index (χ2n) is 6.09. The number of para-hydroxylation sites is 1. The Kier molecular flexibility index (Phi) is 3.90. The van der Waals surface area contributed by atoms with E-state index >= 15 is 0 Å². The highest BCUT2D eigenvalue weighted by molar-refractivity contribution is 6.06. The highest BCUT2D eigenvalue weighted by atomic mass is 16.2. The van der Waals surface area contributed by atoms with Crippen molar-refractivity contribution in [1.82, 2.24) is 9.97 Å². The van der Waals surface area contributed by atoms with Crippen molar-refractivity contribution in [1.29, 1.82) is 0 Å². The maximum atomic E-state index is 12.9. The number of anilines is 3. The standard InChI is InChI=1S/C20H18N4O/c1-14-6-8-16(9-7-14)22-20-21-12-10-17(23-20)19(25)24-13-11-15-4-2-3-5-18(15)24/h2-10,12H,11,13H2,1H3,(H,21,22,23). The molecule has 0 bridgehead atoms. The van der Waals surface area contributed by atoms with Crippen LogP contribution in [0, 0.1) is 6.92 Å². The predicted octanol–water partition coefficient (Wildman–Crippen LogP) is 3.73. The van der Waals surface area contributed by atoms with Crippen LogP contribution in [0.1, 0.15) is 21.6 Å². The van der Waals surface area contributed by atoms with E-state index in [2.05, 4.69) is 21.4 Å². The van der Waals surface area contributed by atoms with Gasteiger partial charge in [-0.2, -0.15) is 0 Å². The second-order valence-corrected chi connectivity index (χ2v) is 6.09. The van der Waals surface area contributed by atoms with Crippen molar-refractivity contribution in [2.45, 2.75) is 13.3 Å². The molecule has 1 aliphatic heterocycles. The Bertz CT molecular complexity index is 921. The summed E-state index contributed by atoms with van der Waals surface area (Å²) in [5, 5.41) is 3.14. The molecule has 5 heteroatoms. The molecule has 124 valence electrons. The number of aromatic nitrogens is 2. The largest absolute Gasteiger partial charge is 0.324 e. The first-order valence-corrected chi connectivity index (χ1v) is 8.27. The topological polar surface area (TPSA) is 58.1 Å². The van der Waals surface area contributed by atoms with E-state index < -0.39 is 0 Å². The van der Waals surface area contributed by atoms with Crippen LogP contribution in [-0.4, -0.2) is 22.4 Å². The Balaban J connectivity index is 1.57. The summed E-state index contributed by atoms with van der Waals surface area (Å²) in [6.45, 7) is 2.72. The van der Waals surface area contributed by atoms with Crippen LogP contribution in [0.15, 0.2) is 60.8 Å². The Hall–Kier alpha value is -3.21. The summed E-state index contributed by atoms with van der Waals surface area (Å²) in [5.41, 5.74) is 4.63. The van der Waals surface area contributed by atoms with Crippen LogP contribution in [0.25, 0.3) is 0 Å². The van der Waals surface area contributed by atoms with Gasteiger partial charge in [0.1, 0.15) is 5.69 Å². The molecular formula is C20H18N4O. The first-order valence-electron chi connectivity index (χ1n) is 8.27. The maximum Gasteiger partial charge on any atom is 0.277 e. The Labute approximate surface area is 146 Å². The lowest BCUT2D eigenvalue weighted by Gasteiger charge is -2.17. The summed E-state index contributed by atoms with van der Waals surface area (Å²) in [6, 6.07) is 17.6. The smallest absolute Gasteiger partial charge is 0.277 e. The van der Waals surface area contributed by atoms with E-state index in [0.717, 1.165) is 17.8 Å². The molecule has 3 aromatic rings. The van der Waals surface area contributed by atoms with Gasteiger partial charge < -0.3 is 10.2 Å². The fraction of sp³-hybridized carbons (Fsp3) is 0.150. The van der Waals surface area contributed by atoms with Gasteiger partial charge in [-0.1, -0.05) is 35.9 Å². The minimum Gasteiger partial charge on any atom is -0.324 e. The first-order chi connectivity index (χ1) is 12.2. The van der Waals surface area contributed by atoms with Gasteiger partial charge in [0.05, 0.1) is 0 Å². The summed E-state index contributed by atoms with van der Waals surface area (Å²) in [5.74, 6) is 0.321. The number of hydrogen-bond acceptors (Lipinski definition) is 4. The quantitative estimate of drug-likeness (QED) is 0.795. The number of hydrogen-bond donors (Lipinski definition) is 1. The highest BCUT2D eigenvalue weighted by Gasteiger charge is 2.26. The van der Waals surface area contributed by atoms with Crippen LogP contribution < -0.4 is 10.2 Å². The number of carbonyl (C=O) groups is 1. The number of carbonyl (C=O) groups excluding carboxylic acids is 1. The second kappa shape index (κ2) is 6.36. The van der Waals surface area contributed by atoms with Gasteiger partial charge in [0.15, 0.2) is 0 Å². The molecule has 0 atom stereocenters. The molecule has 1 amide bonds. The van der Waals surface area contributed by atoms with Gasteiger partial charge in [-0.05, 0) is 43.2 Å². The van der Waals surface area contributed by atoms with E-state index in [1.807, 2.05) is 49.4 Å². The highest BCUT2D eigenvalue weighted by Crippen LogP contribution is 2.28. The molecule has 4 rings (SSSR count). The Morgan fingerprint density at radius 2 is 1.88 bits per heavy atom. The number of benzene rings is 2. The molecule has 2 aromatic carbocycles. The van der Waals surface area contributed by atoms with E-state index in [0.29, 0.717) is 18.2 Å². The zero-order chi connectivity index (χ0) is 17.2. The zero-order valence-electron chi connectivity index (χ0n) is 13.9. The van der Waals surface area contributed by atoms with Crippen LogP contribution in [0.2, 0.25) is 0 Å². The summed E-state index contributed by atoms with van der Waals surface area (Å²) in [7, 11) is 0. The molecule has 0 saturated carbocycles. The third kappa shape index (κ3) is 3.08. The van der Waals surface area contributed by atoms with Crippen LogP contribution in [0.4, 0.5) is 17.3 Å². The molecule has 1 aromatic heterocycles. The van der Waals surface area contributed by atoms with E-state index in [9.17, 15) is 4.79 Å². The van der Waals surface area contributed by atoms with Gasteiger partial charge in [0.2, 0.25) is 5.95 Å². The van der Waals surface area contributed by atoms with Crippen molar-refractivity contribution in [2.75, 3.05) is 16.8 Å². The molecule has 0 fully saturated rings. The molecule has 0 radical (unpaired) electrons. The predicted molar refractivity (Wildman–Crippen MR) is 98.3 cm³/mol. The summed E-state index contributed by atoms with van der Waals surface area (Å²) >= 11 is 0. The van der Waals surface area contributed by atoms with Crippen LogP contribution in [0.5, 0.6) is 0 Å². The fourth-order valence-corrected chi connectivity index (χ4v) is 2.99. The first kappa shape index (κ1) is 15.3. The molecule has 1 aliphatic rings. The minimum atomic E-state index is -0.0979. The number of rotatable bonds is 3. The molecule has 5 nitrogen and oxygen atoms in total. The SMILES string of the molecule is Cc1ccc(Nc2nccc(C(=O)N3CCc4ccccc43)n2)cc1. The van der Waals surface area contributed by atoms with Crippen molar-refractivity contribution >= 4 is 23.2 Å². The zero-order valence-corrected chi connectivity index (χ0v) is 13.9. The van der Waals surface area contributed by atoms with E-state index in [1.54, 1.807) is 17.2 Å². The number of nitrogens with one attached hydrogen (secondary N) is 1. The lowest BCUT2D eigenvalue weighted by atomic mass is 10.2. The Morgan fingerprint density at radius 1 is 1.08 bits per heavy atom. The number of aryl methyl sites for hydroxylation is 1. The summed E-state index contributed by atoms with van der Waals surface area (Å²) in [6.07, 6.45) is 2.49. The third-order valence-electron chi connectivity index (χ3n) is 4.31. The summed E-state index contributed by atoms with van der Waals surface area (Å²) < 4.78 is 0. The van der Waals surface area contributed by atoms with Gasteiger partial charge >= 0.3 is 0 Å². The molecule has 1 N–H and O–H groups in total. The van der Waals surface area contributed by atoms with E-state index in [1.165, 1.54) is 11.1 Å². The van der Waals surface area contributed by atoms with Gasteiger partial charge in [-0.3, -0.25) is 4.79 Å². The average Bonchev–Trinajstić information content (AvgIpc) is 3.07. The van der Waals surface area contributed by atoms with E-state index in [-0.39, 0.29) is 5.91 Å². The maximum absolute atomic E-state index is 12.9. The monoisotopic (exact) mass is 330 g/mol. The fourth-order valence-electron chi connectivity index (χ4n) is 2.99. The van der Waals surface area contributed by atoms with Crippen LogP contribution in [-0.2, 0) is 6.42 Å². The summed E-state index contributed by atoms with van der Waals surface area (Å²) in [4.78, 5) is 23.3. The van der Waals surface area contributed by atoms with Crippen LogP contribution in [0.3, 0.4) is 0 Å². The molecule has 2 heterocycles. The van der Waals surface area contributed by atoms with Gasteiger partial charge in [0, 0.05) is 24.1 Å². The molecule has 0 saturated heterocycles. The number of fused-ring (bicyclic) bond motifs is 1. The van der Waals surface area contributed by atoms with Crippen molar-refractivity contribution in [3.63, 3.8) is 0 Å². The van der Waals surface area contributed by atoms with E-state index in [4.69, 9.17) is 0 Å². The molecule has 0 spiro atoms. The normalized spacial score (nSPS) is 12.8. The minimum absolute atomic E-state index is 0.0979. The molecule has 0 aliphatic carbocycles. The lowest BCUT2D eigenvalue weighted by Crippen LogP contribution is -2.29. The van der Waals surface area contributed by atoms with Crippen molar-refractivity contribution in [2.24, 2.45) is 0 Å². The van der Waals surface area contributed by atoms with Crippen molar-refractivity contribution in [3.05, 3.63) is 77.6 Å². The number of amides is 1.